The van der Waals surface area contributed by atoms with Crippen molar-refractivity contribution in [2.75, 3.05) is 32.0 Å². The molecule has 0 aromatic carbocycles. The molecular weight excluding hydrogens is 206 g/mol. The Balaban J connectivity index is 3.70. The van der Waals surface area contributed by atoms with Crippen molar-refractivity contribution in [1.82, 2.24) is 4.90 Å². The molecule has 0 aromatic heterocycles. The molecule has 0 atom stereocenters. The standard InChI is InChI=1S/C8H19NO4S/c1-2-4-9(6-7-10)5-3-8-14(11,12)13/h10H,2-8H2,1H3,(H,11,12,13). The Morgan fingerprint density at radius 1 is 1.21 bits per heavy atom. The minimum atomic E-state index is -3.84. The van der Waals surface area contributed by atoms with Crippen molar-refractivity contribution in [1.29, 1.82) is 0 Å². The Morgan fingerprint density at radius 3 is 2.29 bits per heavy atom. The van der Waals surface area contributed by atoms with Crippen LogP contribution in [0.4, 0.5) is 0 Å². The minimum Gasteiger partial charge on any atom is -0.395 e. The van der Waals surface area contributed by atoms with E-state index in [4.69, 9.17) is 9.66 Å². The number of hydrogen-bond acceptors (Lipinski definition) is 4. The maximum absolute atomic E-state index is 10.4. The molecule has 0 heterocycles. The van der Waals surface area contributed by atoms with Gasteiger partial charge < -0.3 is 10.0 Å². The molecule has 0 saturated carbocycles. The van der Waals surface area contributed by atoms with Crippen molar-refractivity contribution in [3.63, 3.8) is 0 Å². The highest BCUT2D eigenvalue weighted by atomic mass is 32.2. The Morgan fingerprint density at radius 2 is 1.86 bits per heavy atom. The molecule has 5 nitrogen and oxygen atoms in total. The van der Waals surface area contributed by atoms with E-state index < -0.39 is 10.1 Å². The van der Waals surface area contributed by atoms with Gasteiger partial charge in [0.1, 0.15) is 0 Å². The second-order valence-corrected chi connectivity index (χ2v) is 4.78. The fourth-order valence-corrected chi connectivity index (χ4v) is 1.76. The minimum absolute atomic E-state index is 0.0753. The zero-order valence-corrected chi connectivity index (χ0v) is 9.33. The molecule has 0 radical (unpaired) electrons. The van der Waals surface area contributed by atoms with Crippen molar-refractivity contribution in [3.05, 3.63) is 0 Å². The topological polar surface area (TPSA) is 77.8 Å². The average molecular weight is 225 g/mol. The molecule has 0 fully saturated rings. The summed E-state index contributed by atoms with van der Waals surface area (Å²) in [4.78, 5) is 1.98. The second kappa shape index (κ2) is 7.17. The monoisotopic (exact) mass is 225 g/mol. The van der Waals surface area contributed by atoms with E-state index in [0.29, 0.717) is 19.5 Å². The van der Waals surface area contributed by atoms with Gasteiger partial charge in [0, 0.05) is 6.54 Å². The van der Waals surface area contributed by atoms with E-state index in [1.807, 2.05) is 11.8 Å². The van der Waals surface area contributed by atoms with E-state index in [0.717, 1.165) is 13.0 Å². The Kier molecular flexibility index (Phi) is 7.08. The molecule has 0 aliphatic heterocycles. The van der Waals surface area contributed by atoms with E-state index in [1.165, 1.54) is 0 Å². The van der Waals surface area contributed by atoms with Crippen LogP contribution < -0.4 is 0 Å². The molecule has 0 rings (SSSR count). The molecule has 2 N–H and O–H groups in total. The van der Waals surface area contributed by atoms with E-state index in [1.54, 1.807) is 0 Å². The van der Waals surface area contributed by atoms with Gasteiger partial charge in [-0.15, -0.1) is 0 Å². The summed E-state index contributed by atoms with van der Waals surface area (Å²) in [5, 5.41) is 8.71. The summed E-state index contributed by atoms with van der Waals surface area (Å²) in [7, 11) is -3.84. The molecule has 0 amide bonds. The van der Waals surface area contributed by atoms with Gasteiger partial charge in [0.2, 0.25) is 0 Å². The first-order chi connectivity index (χ1) is 6.49. The van der Waals surface area contributed by atoms with Crippen LogP contribution in [0.2, 0.25) is 0 Å². The van der Waals surface area contributed by atoms with Gasteiger partial charge >= 0.3 is 0 Å². The number of nitrogens with zero attached hydrogens (tertiary/aromatic N) is 1. The highest BCUT2D eigenvalue weighted by Gasteiger charge is 2.07. The molecule has 0 bridgehead atoms. The summed E-state index contributed by atoms with van der Waals surface area (Å²) in [6.07, 6.45) is 1.37. The fourth-order valence-electron chi connectivity index (χ4n) is 1.26. The average Bonchev–Trinajstić information content (AvgIpc) is 2.02. The van der Waals surface area contributed by atoms with Crippen LogP contribution in [-0.4, -0.2) is 55.0 Å². The lowest BCUT2D eigenvalue weighted by atomic mass is 10.3. The molecule has 0 aliphatic rings. The van der Waals surface area contributed by atoms with Gasteiger partial charge in [0.05, 0.1) is 12.4 Å². The Labute approximate surface area is 85.5 Å². The van der Waals surface area contributed by atoms with Crippen molar-refractivity contribution in [2.45, 2.75) is 19.8 Å². The molecule has 0 aliphatic carbocycles. The van der Waals surface area contributed by atoms with Gasteiger partial charge in [-0.3, -0.25) is 4.55 Å². The Bertz CT molecular complexity index is 221. The van der Waals surface area contributed by atoms with Gasteiger partial charge in [-0.25, -0.2) is 0 Å². The maximum Gasteiger partial charge on any atom is 0.264 e. The number of hydrogen-bond donors (Lipinski definition) is 2. The van der Waals surface area contributed by atoms with Crippen LogP contribution >= 0.6 is 0 Å². The first kappa shape index (κ1) is 13.8. The third-order valence-corrected chi connectivity index (χ3v) is 2.64. The van der Waals surface area contributed by atoms with Gasteiger partial charge in [-0.2, -0.15) is 8.42 Å². The SMILES string of the molecule is CCCN(CCO)CCCS(=O)(=O)O. The van der Waals surface area contributed by atoms with Crippen molar-refractivity contribution >= 4 is 10.1 Å². The lowest BCUT2D eigenvalue weighted by Gasteiger charge is -2.19. The first-order valence-electron chi connectivity index (χ1n) is 4.78. The summed E-state index contributed by atoms with van der Waals surface area (Å²) >= 11 is 0. The lowest BCUT2D eigenvalue weighted by Crippen LogP contribution is -2.29. The summed E-state index contributed by atoms with van der Waals surface area (Å²) in [5.74, 6) is -0.210. The van der Waals surface area contributed by atoms with Crippen LogP contribution in [0.25, 0.3) is 0 Å². The molecule has 0 saturated heterocycles. The summed E-state index contributed by atoms with van der Waals surface area (Å²) in [5.41, 5.74) is 0. The molecule has 0 aromatic rings. The predicted molar refractivity (Wildman–Crippen MR) is 54.8 cm³/mol. The molecular formula is C8H19NO4S. The largest absolute Gasteiger partial charge is 0.395 e. The van der Waals surface area contributed by atoms with Gasteiger partial charge in [0.15, 0.2) is 0 Å². The van der Waals surface area contributed by atoms with E-state index in [9.17, 15) is 8.42 Å². The van der Waals surface area contributed by atoms with Crippen LogP contribution in [0.15, 0.2) is 0 Å². The molecule has 0 unspecified atom stereocenters. The molecule has 14 heavy (non-hydrogen) atoms. The molecule has 0 spiro atoms. The lowest BCUT2D eigenvalue weighted by molar-refractivity contribution is 0.196. The Hall–Kier alpha value is -0.170. The van der Waals surface area contributed by atoms with E-state index in [-0.39, 0.29) is 12.4 Å². The first-order valence-corrected chi connectivity index (χ1v) is 6.39. The highest BCUT2D eigenvalue weighted by molar-refractivity contribution is 7.85. The van der Waals surface area contributed by atoms with Crippen LogP contribution in [0.5, 0.6) is 0 Å². The quantitative estimate of drug-likeness (QED) is 0.567. The second-order valence-electron chi connectivity index (χ2n) is 3.20. The predicted octanol–water partition coefficient (Wildman–Crippen LogP) is -0.0314. The molecule has 86 valence electrons. The third kappa shape index (κ3) is 8.43. The third-order valence-electron chi connectivity index (χ3n) is 1.83. The summed E-state index contributed by atoms with van der Waals surface area (Å²) < 4.78 is 29.3. The number of rotatable bonds is 8. The normalized spacial score (nSPS) is 12.3. The van der Waals surface area contributed by atoms with Gasteiger partial charge in [0.25, 0.3) is 10.1 Å². The zero-order valence-electron chi connectivity index (χ0n) is 8.52. The fraction of sp³-hybridized carbons (Fsp3) is 1.00. The van der Waals surface area contributed by atoms with Crippen LogP contribution in [-0.2, 0) is 10.1 Å². The van der Waals surface area contributed by atoms with Crippen LogP contribution in [0, 0.1) is 0 Å². The zero-order chi connectivity index (χ0) is 11.0. The van der Waals surface area contributed by atoms with Crippen LogP contribution in [0.3, 0.4) is 0 Å². The van der Waals surface area contributed by atoms with Gasteiger partial charge in [-0.1, -0.05) is 6.92 Å². The van der Waals surface area contributed by atoms with Crippen molar-refractivity contribution in [2.24, 2.45) is 0 Å². The number of aliphatic hydroxyl groups excluding tert-OH is 1. The highest BCUT2D eigenvalue weighted by Crippen LogP contribution is 1.96. The van der Waals surface area contributed by atoms with E-state index >= 15 is 0 Å². The number of aliphatic hydroxyl groups is 1. The smallest absolute Gasteiger partial charge is 0.264 e. The maximum atomic E-state index is 10.4. The van der Waals surface area contributed by atoms with Crippen molar-refractivity contribution < 1.29 is 18.1 Å². The van der Waals surface area contributed by atoms with Crippen molar-refractivity contribution in [3.8, 4) is 0 Å². The summed E-state index contributed by atoms with van der Waals surface area (Å²) in [6.45, 7) is 4.08. The molecule has 6 heteroatoms. The van der Waals surface area contributed by atoms with Gasteiger partial charge in [-0.05, 0) is 25.9 Å². The van der Waals surface area contributed by atoms with Crippen LogP contribution in [0.1, 0.15) is 19.8 Å². The van der Waals surface area contributed by atoms with E-state index in [2.05, 4.69) is 0 Å². The summed E-state index contributed by atoms with van der Waals surface area (Å²) in [6, 6.07) is 0.